The molecule has 1 aliphatic heterocycles. The van der Waals surface area contributed by atoms with Crippen LogP contribution in [0.3, 0.4) is 0 Å². The number of benzene rings is 1. The van der Waals surface area contributed by atoms with Gasteiger partial charge in [0.2, 0.25) is 0 Å². The van der Waals surface area contributed by atoms with Crippen LogP contribution in [0.5, 0.6) is 0 Å². The second-order valence-electron chi connectivity index (χ2n) is 6.14. The van der Waals surface area contributed by atoms with Gasteiger partial charge in [0.25, 0.3) is 0 Å². The molecule has 0 unspecified atom stereocenters. The summed E-state index contributed by atoms with van der Waals surface area (Å²) in [5.74, 6) is 0. The molecule has 4 nitrogen and oxygen atoms in total. The highest BCUT2D eigenvalue weighted by Crippen LogP contribution is 2.29. The molecule has 0 saturated carbocycles. The standard InChI is InChI=1S/C18H22N4/c1-20-17(7-9-19-20)15-5-4-6-18-16(15)8-12-22(18)14-13-21-10-2-3-11-21/h4-9,12H,2-3,10-11,13-14H2,1H3. The molecular formula is C18H22N4. The number of rotatable bonds is 4. The Balaban J connectivity index is 1.66. The maximum Gasteiger partial charge on any atom is 0.0685 e. The minimum atomic E-state index is 1.07. The van der Waals surface area contributed by atoms with Crippen LogP contribution in [0, 0.1) is 0 Å². The fourth-order valence-corrected chi connectivity index (χ4v) is 3.54. The molecule has 114 valence electrons. The van der Waals surface area contributed by atoms with Gasteiger partial charge in [0, 0.05) is 49.0 Å². The summed E-state index contributed by atoms with van der Waals surface area (Å²) in [5.41, 5.74) is 3.75. The van der Waals surface area contributed by atoms with Crippen molar-refractivity contribution >= 4 is 10.9 Å². The lowest BCUT2D eigenvalue weighted by molar-refractivity contribution is 0.324. The molecule has 0 amide bonds. The fraction of sp³-hybridized carbons (Fsp3) is 0.389. The molecule has 0 atom stereocenters. The van der Waals surface area contributed by atoms with Crippen molar-refractivity contribution in [2.45, 2.75) is 19.4 Å². The van der Waals surface area contributed by atoms with Crippen molar-refractivity contribution in [3.63, 3.8) is 0 Å². The molecule has 1 fully saturated rings. The molecule has 0 aliphatic carbocycles. The average molecular weight is 294 g/mol. The van der Waals surface area contributed by atoms with Crippen molar-refractivity contribution in [1.82, 2.24) is 19.2 Å². The van der Waals surface area contributed by atoms with E-state index in [-0.39, 0.29) is 0 Å². The Bertz CT molecular complexity index is 777. The van der Waals surface area contributed by atoms with Crippen LogP contribution in [0.1, 0.15) is 12.8 Å². The van der Waals surface area contributed by atoms with Gasteiger partial charge in [0.15, 0.2) is 0 Å². The zero-order chi connectivity index (χ0) is 14.9. The summed E-state index contributed by atoms with van der Waals surface area (Å²) >= 11 is 0. The van der Waals surface area contributed by atoms with Crippen LogP contribution >= 0.6 is 0 Å². The predicted molar refractivity (Wildman–Crippen MR) is 89.8 cm³/mol. The highest BCUT2D eigenvalue weighted by atomic mass is 15.3. The minimum absolute atomic E-state index is 1.07. The number of fused-ring (bicyclic) bond motifs is 1. The molecule has 1 saturated heterocycles. The first-order valence-corrected chi connectivity index (χ1v) is 8.11. The van der Waals surface area contributed by atoms with Crippen LogP contribution in [0.4, 0.5) is 0 Å². The summed E-state index contributed by atoms with van der Waals surface area (Å²) in [6.07, 6.45) is 6.80. The third kappa shape index (κ3) is 2.33. The molecule has 1 aliphatic rings. The van der Waals surface area contributed by atoms with Crippen molar-refractivity contribution in [3.05, 3.63) is 42.7 Å². The van der Waals surface area contributed by atoms with Gasteiger partial charge in [-0.2, -0.15) is 5.10 Å². The van der Waals surface area contributed by atoms with Crippen molar-refractivity contribution in [2.75, 3.05) is 19.6 Å². The van der Waals surface area contributed by atoms with Gasteiger partial charge in [0.05, 0.1) is 5.69 Å². The Morgan fingerprint density at radius 1 is 1.05 bits per heavy atom. The molecule has 0 spiro atoms. The van der Waals surface area contributed by atoms with Gasteiger partial charge >= 0.3 is 0 Å². The van der Waals surface area contributed by atoms with Crippen molar-refractivity contribution in [2.24, 2.45) is 7.05 Å². The van der Waals surface area contributed by atoms with E-state index >= 15 is 0 Å². The Hall–Kier alpha value is -2.07. The van der Waals surface area contributed by atoms with Gasteiger partial charge in [0.1, 0.15) is 0 Å². The molecule has 0 N–H and O–H groups in total. The number of aryl methyl sites for hydroxylation is 1. The first-order valence-electron chi connectivity index (χ1n) is 8.11. The monoisotopic (exact) mass is 294 g/mol. The number of nitrogens with zero attached hydrogens (tertiary/aromatic N) is 4. The molecular weight excluding hydrogens is 272 g/mol. The smallest absolute Gasteiger partial charge is 0.0685 e. The van der Waals surface area contributed by atoms with Gasteiger partial charge in [-0.1, -0.05) is 12.1 Å². The summed E-state index contributed by atoms with van der Waals surface area (Å²) in [4.78, 5) is 2.57. The highest BCUT2D eigenvalue weighted by Gasteiger charge is 2.13. The van der Waals surface area contributed by atoms with E-state index in [1.807, 2.05) is 17.9 Å². The van der Waals surface area contributed by atoms with Crippen LogP contribution in [0.15, 0.2) is 42.7 Å². The van der Waals surface area contributed by atoms with E-state index in [9.17, 15) is 0 Å². The SMILES string of the molecule is Cn1nccc1-c1cccc2c1ccn2CCN1CCCC1. The van der Waals surface area contributed by atoms with E-state index in [0.29, 0.717) is 0 Å². The van der Waals surface area contributed by atoms with E-state index < -0.39 is 0 Å². The van der Waals surface area contributed by atoms with Crippen LogP contribution in [-0.2, 0) is 13.6 Å². The summed E-state index contributed by atoms with van der Waals surface area (Å²) in [7, 11) is 2.00. The Morgan fingerprint density at radius 3 is 2.68 bits per heavy atom. The Kier molecular flexibility index (Phi) is 3.47. The number of aromatic nitrogens is 3. The third-order valence-corrected chi connectivity index (χ3v) is 4.77. The summed E-state index contributed by atoms with van der Waals surface area (Å²) in [6.45, 7) is 4.75. The molecule has 4 rings (SSSR count). The van der Waals surface area contributed by atoms with E-state index in [0.717, 1.165) is 13.1 Å². The number of likely N-dealkylation sites (tertiary alicyclic amines) is 1. The van der Waals surface area contributed by atoms with Gasteiger partial charge in [-0.05, 0) is 44.1 Å². The minimum Gasteiger partial charge on any atom is -0.346 e. The molecule has 0 radical (unpaired) electrons. The normalized spacial score (nSPS) is 15.9. The zero-order valence-corrected chi connectivity index (χ0v) is 13.1. The summed E-state index contributed by atoms with van der Waals surface area (Å²) < 4.78 is 4.32. The van der Waals surface area contributed by atoms with Crippen LogP contribution < -0.4 is 0 Å². The molecule has 3 aromatic rings. The van der Waals surface area contributed by atoms with Crippen molar-refractivity contribution in [1.29, 1.82) is 0 Å². The largest absolute Gasteiger partial charge is 0.346 e. The maximum absolute atomic E-state index is 4.30. The van der Waals surface area contributed by atoms with Gasteiger partial charge in [-0.25, -0.2) is 0 Å². The lowest BCUT2D eigenvalue weighted by atomic mass is 10.1. The quantitative estimate of drug-likeness (QED) is 0.739. The Morgan fingerprint density at radius 2 is 1.91 bits per heavy atom. The van der Waals surface area contributed by atoms with Crippen molar-refractivity contribution < 1.29 is 0 Å². The lowest BCUT2D eigenvalue weighted by Crippen LogP contribution is -2.23. The molecule has 22 heavy (non-hydrogen) atoms. The van der Waals surface area contributed by atoms with E-state index in [1.54, 1.807) is 0 Å². The first kappa shape index (κ1) is 13.6. The van der Waals surface area contributed by atoms with Crippen LogP contribution in [-0.4, -0.2) is 38.9 Å². The van der Waals surface area contributed by atoms with E-state index in [4.69, 9.17) is 0 Å². The third-order valence-electron chi connectivity index (χ3n) is 4.77. The van der Waals surface area contributed by atoms with E-state index in [2.05, 4.69) is 51.1 Å². The summed E-state index contributed by atoms with van der Waals surface area (Å²) in [6, 6.07) is 10.9. The van der Waals surface area contributed by atoms with Gasteiger partial charge in [-0.15, -0.1) is 0 Å². The predicted octanol–water partition coefficient (Wildman–Crippen LogP) is 3.14. The van der Waals surface area contributed by atoms with E-state index in [1.165, 1.54) is 48.1 Å². The lowest BCUT2D eigenvalue weighted by Gasteiger charge is -2.15. The second kappa shape index (κ2) is 5.61. The first-order chi connectivity index (χ1) is 10.8. The topological polar surface area (TPSA) is 26.0 Å². The molecule has 0 bridgehead atoms. The summed E-state index contributed by atoms with van der Waals surface area (Å²) in [5, 5.41) is 5.61. The number of hydrogen-bond donors (Lipinski definition) is 0. The maximum atomic E-state index is 4.30. The second-order valence-corrected chi connectivity index (χ2v) is 6.14. The molecule has 2 aromatic heterocycles. The fourth-order valence-electron chi connectivity index (χ4n) is 3.54. The average Bonchev–Trinajstić information content (AvgIpc) is 3.25. The van der Waals surface area contributed by atoms with Gasteiger partial charge in [-0.3, -0.25) is 4.68 Å². The molecule has 3 heterocycles. The molecule has 4 heteroatoms. The Labute approximate surface area is 131 Å². The molecule has 1 aromatic carbocycles. The number of hydrogen-bond acceptors (Lipinski definition) is 2. The van der Waals surface area contributed by atoms with Crippen LogP contribution in [0.25, 0.3) is 22.2 Å². The highest BCUT2D eigenvalue weighted by molar-refractivity contribution is 5.94. The zero-order valence-electron chi connectivity index (χ0n) is 13.1. The van der Waals surface area contributed by atoms with Crippen LogP contribution in [0.2, 0.25) is 0 Å². The van der Waals surface area contributed by atoms with Crippen molar-refractivity contribution in [3.8, 4) is 11.3 Å². The van der Waals surface area contributed by atoms with Gasteiger partial charge < -0.3 is 9.47 Å².